The number of aromatic hydroxyl groups is 1. The summed E-state index contributed by atoms with van der Waals surface area (Å²) in [5.41, 5.74) is 10.9. The van der Waals surface area contributed by atoms with Gasteiger partial charge in [0, 0.05) is 28.0 Å². The summed E-state index contributed by atoms with van der Waals surface area (Å²) < 4.78 is 4.29. The zero-order valence-corrected chi connectivity index (χ0v) is 20.5. The Labute approximate surface area is 200 Å². The molecule has 0 spiro atoms. The summed E-state index contributed by atoms with van der Waals surface area (Å²) in [7, 11) is 0. The van der Waals surface area contributed by atoms with Crippen molar-refractivity contribution in [1.82, 2.24) is 14.7 Å². The fourth-order valence-corrected chi connectivity index (χ4v) is 4.18. The molecule has 7 heteroatoms. The molecule has 2 aromatic carbocycles. The van der Waals surface area contributed by atoms with E-state index in [1.807, 2.05) is 63.2 Å². The van der Waals surface area contributed by atoms with Gasteiger partial charge in [-0.1, -0.05) is 50.6 Å². The first-order chi connectivity index (χ1) is 16.1. The first kappa shape index (κ1) is 24.6. The van der Waals surface area contributed by atoms with E-state index in [9.17, 15) is 5.11 Å². The molecule has 4 N–H and O–H groups in total. The van der Waals surface area contributed by atoms with E-state index in [0.717, 1.165) is 27.4 Å². The molecule has 0 bridgehead atoms. The maximum Gasteiger partial charge on any atom is 0.173 e. The SMILES string of the molecule is C1CCNCC1.CC.Cc1nc(-c2ccc(C3=NCC=C(N)c4ccccc43)c(O)c2)ns1. The van der Waals surface area contributed by atoms with Crippen LogP contribution in [-0.4, -0.2) is 39.8 Å². The standard InChI is InChI=1S/C19H16N4OS.C5H11N.C2H6/c1-11-22-19(23-25-11)12-6-7-15(17(24)10-12)18-14-5-3-2-4-13(14)16(20)8-9-21-18;1-2-4-6-5-3-1;1-2/h2-8,10,24H,9,20H2,1H3;6H,1-5H2;1-2H3. The summed E-state index contributed by atoms with van der Waals surface area (Å²) >= 11 is 1.34. The Morgan fingerprint density at radius 3 is 2.27 bits per heavy atom. The number of piperidine rings is 1. The zero-order valence-electron chi connectivity index (χ0n) is 19.6. The Morgan fingerprint density at radius 2 is 1.70 bits per heavy atom. The molecule has 1 aromatic heterocycles. The maximum absolute atomic E-state index is 10.6. The van der Waals surface area contributed by atoms with Crippen molar-refractivity contribution >= 4 is 22.9 Å². The second-order valence-corrected chi connectivity index (χ2v) is 8.53. The van der Waals surface area contributed by atoms with Gasteiger partial charge >= 0.3 is 0 Å². The molecule has 6 nitrogen and oxygen atoms in total. The summed E-state index contributed by atoms with van der Waals surface area (Å²) in [5.74, 6) is 0.775. The average molecular weight is 464 g/mol. The van der Waals surface area contributed by atoms with E-state index in [0.29, 0.717) is 23.6 Å². The smallest absolute Gasteiger partial charge is 0.173 e. The number of phenolic OH excluding ortho intramolecular Hbond substituents is 1. The van der Waals surface area contributed by atoms with Gasteiger partial charge in [0.05, 0.1) is 12.3 Å². The molecule has 5 rings (SSSR count). The lowest BCUT2D eigenvalue weighted by atomic mass is 9.95. The molecule has 1 fully saturated rings. The lowest BCUT2D eigenvalue weighted by Crippen LogP contribution is -2.21. The summed E-state index contributed by atoms with van der Waals surface area (Å²) in [6.07, 6.45) is 6.10. The van der Waals surface area contributed by atoms with Crippen molar-refractivity contribution in [2.45, 2.75) is 40.0 Å². The van der Waals surface area contributed by atoms with E-state index in [4.69, 9.17) is 5.73 Å². The lowest BCUT2D eigenvalue weighted by Gasteiger charge is -2.12. The van der Waals surface area contributed by atoms with Crippen LogP contribution in [-0.2, 0) is 0 Å². The van der Waals surface area contributed by atoms with Crippen LogP contribution in [0.4, 0.5) is 0 Å². The molecule has 3 heterocycles. The van der Waals surface area contributed by atoms with E-state index < -0.39 is 0 Å². The van der Waals surface area contributed by atoms with Crippen molar-refractivity contribution in [2.24, 2.45) is 10.7 Å². The molecule has 2 aliphatic rings. The molecular weight excluding hydrogens is 430 g/mol. The van der Waals surface area contributed by atoms with Crippen molar-refractivity contribution in [3.8, 4) is 17.1 Å². The van der Waals surface area contributed by atoms with Gasteiger partial charge in [-0.3, -0.25) is 4.99 Å². The Kier molecular flexibility index (Phi) is 9.15. The van der Waals surface area contributed by atoms with E-state index in [1.165, 1.54) is 43.9 Å². The molecule has 0 saturated carbocycles. The van der Waals surface area contributed by atoms with Gasteiger partial charge in [-0.05, 0) is 62.6 Å². The third-order valence-electron chi connectivity index (χ3n) is 5.30. The van der Waals surface area contributed by atoms with Crippen LogP contribution in [0.1, 0.15) is 54.8 Å². The number of aliphatic imine (C=N–C) groups is 1. The molecule has 1 saturated heterocycles. The van der Waals surface area contributed by atoms with Crippen LogP contribution in [0.2, 0.25) is 0 Å². The molecule has 2 aliphatic heterocycles. The summed E-state index contributed by atoms with van der Waals surface area (Å²) in [6.45, 7) is 8.88. The van der Waals surface area contributed by atoms with Crippen LogP contribution >= 0.6 is 11.5 Å². The predicted octanol–water partition coefficient (Wildman–Crippen LogP) is 5.16. The third kappa shape index (κ3) is 6.27. The minimum atomic E-state index is 0.152. The highest BCUT2D eigenvalue weighted by molar-refractivity contribution is 7.05. The number of hydrogen-bond acceptors (Lipinski definition) is 7. The molecule has 33 heavy (non-hydrogen) atoms. The van der Waals surface area contributed by atoms with Gasteiger partial charge < -0.3 is 16.2 Å². The first-order valence-electron chi connectivity index (χ1n) is 11.6. The van der Waals surface area contributed by atoms with Crippen molar-refractivity contribution in [3.05, 3.63) is 70.2 Å². The Morgan fingerprint density at radius 1 is 0.970 bits per heavy atom. The summed E-state index contributed by atoms with van der Waals surface area (Å²) in [5, 5.41) is 14.8. The number of hydrogen-bond donors (Lipinski definition) is 3. The highest BCUT2D eigenvalue weighted by Gasteiger charge is 2.18. The molecule has 174 valence electrons. The topological polar surface area (TPSA) is 96.4 Å². The predicted molar refractivity (Wildman–Crippen MR) is 139 cm³/mol. The number of rotatable bonds is 2. The summed E-state index contributed by atoms with van der Waals surface area (Å²) in [4.78, 5) is 8.99. The van der Waals surface area contributed by atoms with Gasteiger partial charge in [0.25, 0.3) is 0 Å². The number of fused-ring (bicyclic) bond motifs is 1. The Bertz CT molecular complexity index is 1100. The van der Waals surface area contributed by atoms with Crippen molar-refractivity contribution < 1.29 is 5.11 Å². The number of nitrogens with two attached hydrogens (primary N) is 1. The van der Waals surface area contributed by atoms with Gasteiger partial charge in [0.1, 0.15) is 10.8 Å². The molecule has 0 unspecified atom stereocenters. The van der Waals surface area contributed by atoms with Crippen LogP contribution in [0.5, 0.6) is 5.75 Å². The second kappa shape index (κ2) is 12.3. The van der Waals surface area contributed by atoms with Crippen molar-refractivity contribution in [3.63, 3.8) is 0 Å². The van der Waals surface area contributed by atoms with Crippen LogP contribution < -0.4 is 11.1 Å². The van der Waals surface area contributed by atoms with Gasteiger partial charge in [-0.15, -0.1) is 0 Å². The molecule has 0 aliphatic carbocycles. The summed E-state index contributed by atoms with van der Waals surface area (Å²) in [6, 6.07) is 13.3. The van der Waals surface area contributed by atoms with E-state index in [2.05, 4.69) is 19.7 Å². The Balaban J connectivity index is 0.000000329. The molecule has 3 aromatic rings. The number of nitrogens with zero attached hydrogens (tertiary/aromatic N) is 3. The lowest BCUT2D eigenvalue weighted by molar-refractivity contribution is 0.474. The fraction of sp³-hybridized carbons (Fsp3) is 0.346. The minimum absolute atomic E-state index is 0.152. The highest BCUT2D eigenvalue weighted by Crippen LogP contribution is 2.30. The number of nitrogens with one attached hydrogen (secondary N) is 1. The van der Waals surface area contributed by atoms with E-state index in [-0.39, 0.29) is 5.75 Å². The van der Waals surface area contributed by atoms with Gasteiger partial charge in [-0.25, -0.2) is 4.98 Å². The number of phenols is 1. The van der Waals surface area contributed by atoms with Crippen LogP contribution in [0.15, 0.2) is 53.5 Å². The van der Waals surface area contributed by atoms with Crippen molar-refractivity contribution in [1.29, 1.82) is 0 Å². The van der Waals surface area contributed by atoms with Gasteiger partial charge in [-0.2, -0.15) is 4.37 Å². The second-order valence-electron chi connectivity index (χ2n) is 7.57. The molecule has 0 amide bonds. The van der Waals surface area contributed by atoms with Gasteiger partial charge in [0.2, 0.25) is 0 Å². The molecule has 0 radical (unpaired) electrons. The number of aromatic nitrogens is 2. The average Bonchev–Trinajstić information content (AvgIpc) is 3.24. The largest absolute Gasteiger partial charge is 0.507 e. The maximum atomic E-state index is 10.6. The van der Waals surface area contributed by atoms with Crippen LogP contribution in [0, 0.1) is 6.92 Å². The molecule has 0 atom stereocenters. The molecular formula is C26H33N5OS. The third-order valence-corrected chi connectivity index (χ3v) is 5.92. The first-order valence-corrected chi connectivity index (χ1v) is 12.4. The Hall–Kier alpha value is -3.03. The monoisotopic (exact) mass is 463 g/mol. The van der Waals surface area contributed by atoms with E-state index in [1.54, 1.807) is 6.07 Å². The number of aryl methyl sites for hydroxylation is 1. The highest BCUT2D eigenvalue weighted by atomic mass is 32.1. The van der Waals surface area contributed by atoms with Crippen molar-refractivity contribution in [2.75, 3.05) is 19.6 Å². The van der Waals surface area contributed by atoms with E-state index >= 15 is 0 Å². The van der Waals surface area contributed by atoms with Crippen LogP contribution in [0.3, 0.4) is 0 Å². The minimum Gasteiger partial charge on any atom is -0.507 e. The normalized spacial score (nSPS) is 14.9. The zero-order chi connectivity index (χ0) is 23.6. The van der Waals surface area contributed by atoms with Crippen LogP contribution in [0.25, 0.3) is 17.1 Å². The number of benzene rings is 2. The fourth-order valence-electron chi connectivity index (χ4n) is 3.69. The van der Waals surface area contributed by atoms with Gasteiger partial charge in [0.15, 0.2) is 5.82 Å². The quantitative estimate of drug-likeness (QED) is 0.488.